The predicted molar refractivity (Wildman–Crippen MR) is 97.3 cm³/mol. The molecule has 1 N–H and O–H groups in total. The molecule has 0 radical (unpaired) electrons. The zero-order valence-corrected chi connectivity index (χ0v) is 16.1. The van der Waals surface area contributed by atoms with Crippen LogP contribution in [0.4, 0.5) is 4.39 Å². The van der Waals surface area contributed by atoms with E-state index in [2.05, 4.69) is 9.71 Å². The molecule has 1 aliphatic rings. The zero-order chi connectivity index (χ0) is 19.5. The number of rotatable bonds is 6. The van der Waals surface area contributed by atoms with Gasteiger partial charge in [-0.3, -0.25) is 4.98 Å². The van der Waals surface area contributed by atoms with E-state index < -0.39 is 25.9 Å². The maximum Gasteiger partial charge on any atom is 0.244 e. The molecule has 0 saturated carbocycles. The Morgan fingerprint density at radius 1 is 1.04 bits per heavy atom. The van der Waals surface area contributed by atoms with Crippen LogP contribution < -0.4 is 4.72 Å². The Hall–Kier alpha value is -1.88. The van der Waals surface area contributed by atoms with Crippen LogP contribution in [-0.2, 0) is 20.0 Å². The number of hydrogen-bond acceptors (Lipinski definition) is 5. The zero-order valence-electron chi connectivity index (χ0n) is 14.5. The van der Waals surface area contributed by atoms with Crippen molar-refractivity contribution in [1.29, 1.82) is 0 Å². The molecule has 146 valence electrons. The molecule has 0 aliphatic carbocycles. The van der Waals surface area contributed by atoms with Crippen molar-refractivity contribution in [3.63, 3.8) is 0 Å². The quantitative estimate of drug-likeness (QED) is 0.776. The monoisotopic (exact) mass is 413 g/mol. The highest BCUT2D eigenvalue weighted by Gasteiger charge is 2.30. The van der Waals surface area contributed by atoms with Gasteiger partial charge in [-0.2, -0.15) is 4.31 Å². The largest absolute Gasteiger partial charge is 0.263 e. The molecule has 27 heavy (non-hydrogen) atoms. The van der Waals surface area contributed by atoms with Crippen molar-refractivity contribution in [3.05, 3.63) is 54.6 Å². The van der Waals surface area contributed by atoms with Crippen LogP contribution in [0.25, 0.3) is 0 Å². The number of pyridine rings is 1. The molecule has 1 aliphatic heterocycles. The van der Waals surface area contributed by atoms with Gasteiger partial charge in [-0.15, -0.1) is 0 Å². The number of sulfonamides is 2. The van der Waals surface area contributed by atoms with E-state index in [0.29, 0.717) is 25.9 Å². The van der Waals surface area contributed by atoms with Crippen molar-refractivity contribution >= 4 is 20.0 Å². The lowest BCUT2D eigenvalue weighted by atomic mass is 9.99. The summed E-state index contributed by atoms with van der Waals surface area (Å²) in [6.07, 6.45) is 3.92. The van der Waals surface area contributed by atoms with Gasteiger partial charge in [0.25, 0.3) is 0 Å². The number of aromatic nitrogens is 1. The summed E-state index contributed by atoms with van der Waals surface area (Å²) in [7, 11) is -7.30. The van der Waals surface area contributed by atoms with E-state index in [0.717, 1.165) is 12.1 Å². The van der Waals surface area contributed by atoms with Gasteiger partial charge < -0.3 is 0 Å². The number of halogens is 1. The van der Waals surface area contributed by atoms with Gasteiger partial charge >= 0.3 is 0 Å². The number of nitrogens with one attached hydrogen (secondary N) is 1. The van der Waals surface area contributed by atoms with E-state index in [1.807, 2.05) is 0 Å². The first-order valence-electron chi connectivity index (χ1n) is 8.44. The molecular weight excluding hydrogens is 393 g/mol. The molecule has 0 unspecified atom stereocenters. The average molecular weight is 413 g/mol. The first-order valence-corrected chi connectivity index (χ1v) is 11.4. The Morgan fingerprint density at radius 3 is 2.30 bits per heavy atom. The van der Waals surface area contributed by atoms with Gasteiger partial charge in [-0.05, 0) is 55.2 Å². The normalized spacial score (nSPS) is 17.1. The van der Waals surface area contributed by atoms with Crippen LogP contribution in [0, 0.1) is 11.7 Å². The maximum absolute atomic E-state index is 12.9. The summed E-state index contributed by atoms with van der Waals surface area (Å²) in [5, 5.41) is 0. The Balaban J connectivity index is 1.56. The highest BCUT2D eigenvalue weighted by molar-refractivity contribution is 7.89. The van der Waals surface area contributed by atoms with Crippen molar-refractivity contribution in [2.24, 2.45) is 5.92 Å². The second-order valence-corrected chi connectivity index (χ2v) is 10.0. The smallest absolute Gasteiger partial charge is 0.244 e. The lowest BCUT2D eigenvalue weighted by Crippen LogP contribution is -2.41. The molecular formula is C17H20FN3O4S2. The maximum atomic E-state index is 12.9. The van der Waals surface area contributed by atoms with Crippen LogP contribution in [0.15, 0.2) is 58.6 Å². The Morgan fingerprint density at radius 2 is 1.70 bits per heavy atom. The average Bonchev–Trinajstić information content (AvgIpc) is 2.68. The molecule has 1 saturated heterocycles. The van der Waals surface area contributed by atoms with Crippen LogP contribution in [0.2, 0.25) is 0 Å². The van der Waals surface area contributed by atoms with E-state index >= 15 is 0 Å². The molecule has 1 aromatic heterocycles. The molecule has 0 bridgehead atoms. The van der Waals surface area contributed by atoms with Gasteiger partial charge in [-0.1, -0.05) is 0 Å². The Labute approximate surface area is 158 Å². The minimum Gasteiger partial charge on any atom is -0.263 e. The van der Waals surface area contributed by atoms with Crippen LogP contribution in [-0.4, -0.2) is 45.8 Å². The summed E-state index contributed by atoms with van der Waals surface area (Å²) < 4.78 is 66.5. The molecule has 0 atom stereocenters. The topological polar surface area (TPSA) is 96.4 Å². The van der Waals surface area contributed by atoms with Crippen molar-refractivity contribution in [1.82, 2.24) is 14.0 Å². The molecule has 2 aromatic rings. The highest BCUT2D eigenvalue weighted by Crippen LogP contribution is 2.23. The van der Waals surface area contributed by atoms with E-state index in [1.54, 1.807) is 6.07 Å². The predicted octanol–water partition coefficient (Wildman–Crippen LogP) is 1.60. The van der Waals surface area contributed by atoms with Gasteiger partial charge in [0.1, 0.15) is 10.7 Å². The number of nitrogens with zero attached hydrogens (tertiary/aromatic N) is 2. The first kappa shape index (κ1) is 19.9. The summed E-state index contributed by atoms with van der Waals surface area (Å²) >= 11 is 0. The molecule has 1 fully saturated rings. The third-order valence-corrected chi connectivity index (χ3v) is 7.85. The van der Waals surface area contributed by atoms with Gasteiger partial charge in [0.2, 0.25) is 20.0 Å². The van der Waals surface area contributed by atoms with Gasteiger partial charge in [0.15, 0.2) is 0 Å². The first-order chi connectivity index (χ1) is 12.8. The summed E-state index contributed by atoms with van der Waals surface area (Å²) in [6.45, 7) is 0.848. The molecule has 7 nitrogen and oxygen atoms in total. The summed E-state index contributed by atoms with van der Waals surface area (Å²) in [5.74, 6) is -0.475. The van der Waals surface area contributed by atoms with Crippen LogP contribution in [0.1, 0.15) is 12.8 Å². The van der Waals surface area contributed by atoms with E-state index in [1.165, 1.54) is 34.9 Å². The minimum atomic E-state index is -3.72. The molecule has 3 rings (SSSR count). The highest BCUT2D eigenvalue weighted by atomic mass is 32.2. The SMILES string of the molecule is O=S(=O)(NCC1CCN(S(=O)(=O)c2cccnc2)CC1)c1ccc(F)cc1. The molecule has 2 heterocycles. The molecule has 0 amide bonds. The van der Waals surface area contributed by atoms with Gasteiger partial charge in [-0.25, -0.2) is 25.9 Å². The van der Waals surface area contributed by atoms with Crippen molar-refractivity contribution < 1.29 is 21.2 Å². The molecule has 1 aromatic carbocycles. The third kappa shape index (κ3) is 4.70. The lowest BCUT2D eigenvalue weighted by molar-refractivity contribution is 0.274. The van der Waals surface area contributed by atoms with Crippen LogP contribution >= 0.6 is 0 Å². The van der Waals surface area contributed by atoms with Crippen molar-refractivity contribution in [2.75, 3.05) is 19.6 Å². The second-order valence-electron chi connectivity index (χ2n) is 6.34. The summed E-state index contributed by atoms with van der Waals surface area (Å²) in [4.78, 5) is 4.00. The van der Waals surface area contributed by atoms with Crippen molar-refractivity contribution in [2.45, 2.75) is 22.6 Å². The number of piperidine rings is 1. The van der Waals surface area contributed by atoms with Crippen LogP contribution in [0.5, 0.6) is 0 Å². The van der Waals surface area contributed by atoms with E-state index in [9.17, 15) is 21.2 Å². The lowest BCUT2D eigenvalue weighted by Gasteiger charge is -2.31. The van der Waals surface area contributed by atoms with Crippen LogP contribution in [0.3, 0.4) is 0 Å². The third-order valence-electron chi connectivity index (χ3n) is 4.53. The molecule has 10 heteroatoms. The second kappa shape index (κ2) is 8.01. The fourth-order valence-electron chi connectivity index (χ4n) is 2.93. The summed E-state index contributed by atoms with van der Waals surface area (Å²) in [5.41, 5.74) is 0. The van der Waals surface area contributed by atoms with E-state index in [-0.39, 0.29) is 22.3 Å². The standard InChI is InChI=1S/C17H20FN3O4S2/c18-15-3-5-16(6-4-15)26(22,23)20-12-14-7-10-21(11-8-14)27(24,25)17-2-1-9-19-13-17/h1-6,9,13-14,20H,7-8,10-12H2. The Kier molecular flexibility index (Phi) is 5.89. The van der Waals surface area contributed by atoms with Crippen molar-refractivity contribution in [3.8, 4) is 0 Å². The number of hydrogen-bond donors (Lipinski definition) is 1. The fourth-order valence-corrected chi connectivity index (χ4v) is 5.48. The van der Waals surface area contributed by atoms with E-state index in [4.69, 9.17) is 0 Å². The minimum absolute atomic E-state index is 0.000455. The Bertz CT molecular complexity index is 973. The summed E-state index contributed by atoms with van der Waals surface area (Å²) in [6, 6.07) is 7.68. The number of benzene rings is 1. The van der Waals surface area contributed by atoms with Gasteiger partial charge in [0.05, 0.1) is 4.90 Å². The van der Waals surface area contributed by atoms with Gasteiger partial charge in [0, 0.05) is 32.0 Å². The fraction of sp³-hybridized carbons (Fsp3) is 0.353. The molecule has 0 spiro atoms.